The lowest BCUT2D eigenvalue weighted by Gasteiger charge is -2.24. The van der Waals surface area contributed by atoms with Gasteiger partial charge >= 0.3 is 5.97 Å². The van der Waals surface area contributed by atoms with Crippen LogP contribution in [0.2, 0.25) is 0 Å². The minimum Gasteiger partial charge on any atom is -0.478 e. The second kappa shape index (κ2) is 5.51. The number of nitrogens with zero attached hydrogens (tertiary/aromatic N) is 1. The summed E-state index contributed by atoms with van der Waals surface area (Å²) in [5.74, 6) is 0.799. The van der Waals surface area contributed by atoms with Crippen LogP contribution in [0.5, 0.6) is 0 Å². The Morgan fingerprint density at radius 3 is 2.10 bits per heavy atom. The zero-order valence-electron chi connectivity index (χ0n) is 12.3. The highest BCUT2D eigenvalue weighted by Crippen LogP contribution is 2.49. The number of aromatic carboxylic acids is 1. The number of rotatable bonds is 6. The van der Waals surface area contributed by atoms with E-state index in [0.717, 1.165) is 5.56 Å². The number of amides is 1. The summed E-state index contributed by atoms with van der Waals surface area (Å²) >= 11 is 0. The Labute approximate surface area is 124 Å². The molecule has 0 radical (unpaired) electrons. The van der Waals surface area contributed by atoms with E-state index in [-0.39, 0.29) is 17.4 Å². The number of carboxylic acids is 1. The zero-order valence-corrected chi connectivity index (χ0v) is 12.3. The summed E-state index contributed by atoms with van der Waals surface area (Å²) in [7, 11) is 1.85. The van der Waals surface area contributed by atoms with Crippen LogP contribution in [-0.4, -0.2) is 28.9 Å². The van der Waals surface area contributed by atoms with E-state index in [1.54, 1.807) is 29.2 Å². The molecule has 0 atom stereocenters. The standard InChI is InChI=1S/C17H21NO3/c1-18(10-11-2-4-14(5-3-11)17(20)21)16(19)15(12-6-7-12)13-8-9-13/h2-5,12-13,15H,6-10H2,1H3,(H,20,21). The molecule has 2 fully saturated rings. The minimum absolute atomic E-state index is 0.230. The van der Waals surface area contributed by atoms with Gasteiger partial charge in [0, 0.05) is 19.5 Å². The first-order valence-corrected chi connectivity index (χ1v) is 7.63. The van der Waals surface area contributed by atoms with E-state index in [0.29, 0.717) is 18.4 Å². The Bertz CT molecular complexity index is 532. The normalized spacial score (nSPS) is 17.8. The van der Waals surface area contributed by atoms with Crippen molar-refractivity contribution < 1.29 is 14.7 Å². The van der Waals surface area contributed by atoms with E-state index in [1.165, 1.54) is 25.7 Å². The van der Waals surface area contributed by atoms with Crippen LogP contribution >= 0.6 is 0 Å². The molecule has 0 bridgehead atoms. The van der Waals surface area contributed by atoms with Crippen molar-refractivity contribution in [2.75, 3.05) is 7.05 Å². The van der Waals surface area contributed by atoms with Gasteiger partial charge in [-0.3, -0.25) is 4.79 Å². The lowest BCUT2D eigenvalue weighted by molar-refractivity contribution is -0.136. The Balaban J connectivity index is 1.63. The van der Waals surface area contributed by atoms with Crippen molar-refractivity contribution in [2.24, 2.45) is 17.8 Å². The van der Waals surface area contributed by atoms with Gasteiger partial charge < -0.3 is 10.0 Å². The van der Waals surface area contributed by atoms with Gasteiger partial charge in [-0.1, -0.05) is 12.1 Å². The summed E-state index contributed by atoms with van der Waals surface area (Å²) in [6.07, 6.45) is 4.81. The van der Waals surface area contributed by atoms with Crippen LogP contribution in [0.4, 0.5) is 0 Å². The van der Waals surface area contributed by atoms with Crippen molar-refractivity contribution in [1.29, 1.82) is 0 Å². The first-order valence-electron chi connectivity index (χ1n) is 7.63. The van der Waals surface area contributed by atoms with Gasteiger partial charge in [0.1, 0.15) is 0 Å². The van der Waals surface area contributed by atoms with Gasteiger partial charge in [0.05, 0.1) is 5.56 Å². The molecule has 3 rings (SSSR count). The topological polar surface area (TPSA) is 57.6 Å². The molecule has 1 aromatic rings. The molecule has 1 amide bonds. The maximum atomic E-state index is 12.6. The lowest BCUT2D eigenvalue weighted by Crippen LogP contribution is -2.34. The van der Waals surface area contributed by atoms with E-state index in [1.807, 2.05) is 7.05 Å². The molecule has 1 aromatic carbocycles. The molecule has 0 spiro atoms. The molecule has 0 aliphatic heterocycles. The van der Waals surface area contributed by atoms with Crippen molar-refractivity contribution in [3.8, 4) is 0 Å². The summed E-state index contributed by atoms with van der Waals surface area (Å²) in [4.78, 5) is 25.3. The maximum Gasteiger partial charge on any atom is 0.335 e. The Kier molecular flexibility index (Phi) is 3.70. The quantitative estimate of drug-likeness (QED) is 0.875. The van der Waals surface area contributed by atoms with E-state index in [2.05, 4.69) is 0 Å². The molecular weight excluding hydrogens is 266 g/mol. The Morgan fingerprint density at radius 1 is 1.14 bits per heavy atom. The average Bonchev–Trinajstić information content (AvgIpc) is 3.34. The highest BCUT2D eigenvalue weighted by Gasteiger charge is 2.46. The van der Waals surface area contributed by atoms with Crippen molar-refractivity contribution >= 4 is 11.9 Å². The minimum atomic E-state index is -0.923. The molecule has 0 heterocycles. The first kappa shape index (κ1) is 14.1. The smallest absolute Gasteiger partial charge is 0.335 e. The molecule has 2 saturated carbocycles. The van der Waals surface area contributed by atoms with E-state index in [4.69, 9.17) is 5.11 Å². The van der Waals surface area contributed by atoms with Gasteiger partial charge in [-0.2, -0.15) is 0 Å². The molecule has 112 valence electrons. The number of hydrogen-bond acceptors (Lipinski definition) is 2. The number of carbonyl (C=O) groups is 2. The Hall–Kier alpha value is -1.84. The molecular formula is C17H21NO3. The predicted molar refractivity (Wildman–Crippen MR) is 78.8 cm³/mol. The summed E-state index contributed by atoms with van der Waals surface area (Å²) < 4.78 is 0. The first-order chi connectivity index (χ1) is 10.1. The van der Waals surface area contributed by atoms with Gasteiger partial charge in [0.15, 0.2) is 0 Å². The Morgan fingerprint density at radius 2 is 1.67 bits per heavy atom. The lowest BCUT2D eigenvalue weighted by atomic mass is 9.96. The zero-order chi connectivity index (χ0) is 15.0. The maximum absolute atomic E-state index is 12.6. The molecule has 2 aliphatic rings. The van der Waals surface area contributed by atoms with E-state index in [9.17, 15) is 9.59 Å². The second-order valence-electron chi connectivity index (χ2n) is 6.40. The SMILES string of the molecule is CN(Cc1ccc(C(=O)O)cc1)C(=O)C(C1CC1)C1CC1. The number of carbonyl (C=O) groups excluding carboxylic acids is 1. The van der Waals surface area contributed by atoms with Crippen LogP contribution in [-0.2, 0) is 11.3 Å². The third kappa shape index (κ3) is 3.26. The summed E-state index contributed by atoms with van der Waals surface area (Å²) in [6, 6.07) is 6.76. The van der Waals surface area contributed by atoms with Gasteiger partial charge in [0.25, 0.3) is 0 Å². The van der Waals surface area contributed by atoms with Crippen molar-refractivity contribution in [3.63, 3.8) is 0 Å². The average molecular weight is 287 g/mol. The molecule has 4 nitrogen and oxygen atoms in total. The summed E-state index contributed by atoms with van der Waals surface area (Å²) in [6.45, 7) is 0.550. The van der Waals surface area contributed by atoms with Crippen LogP contribution in [0, 0.1) is 17.8 Å². The number of benzene rings is 1. The molecule has 21 heavy (non-hydrogen) atoms. The number of carboxylic acid groups (broad SMARTS) is 1. The summed E-state index contributed by atoms with van der Waals surface area (Å²) in [5, 5.41) is 8.89. The van der Waals surface area contributed by atoms with Crippen molar-refractivity contribution in [1.82, 2.24) is 4.90 Å². The van der Waals surface area contributed by atoms with Gasteiger partial charge in [0.2, 0.25) is 5.91 Å². The highest BCUT2D eigenvalue weighted by molar-refractivity contribution is 5.87. The third-order valence-electron chi connectivity index (χ3n) is 4.54. The van der Waals surface area contributed by atoms with Crippen LogP contribution < -0.4 is 0 Å². The fourth-order valence-electron chi connectivity index (χ4n) is 3.06. The fourth-order valence-corrected chi connectivity index (χ4v) is 3.06. The van der Waals surface area contributed by atoms with Crippen LogP contribution in [0.1, 0.15) is 41.6 Å². The van der Waals surface area contributed by atoms with E-state index >= 15 is 0 Å². The largest absolute Gasteiger partial charge is 0.478 e. The van der Waals surface area contributed by atoms with Crippen LogP contribution in [0.25, 0.3) is 0 Å². The molecule has 0 unspecified atom stereocenters. The van der Waals surface area contributed by atoms with Gasteiger partial charge in [-0.05, 0) is 55.2 Å². The molecule has 2 aliphatic carbocycles. The van der Waals surface area contributed by atoms with Crippen LogP contribution in [0.3, 0.4) is 0 Å². The van der Waals surface area contributed by atoms with E-state index < -0.39 is 5.97 Å². The third-order valence-corrected chi connectivity index (χ3v) is 4.54. The molecule has 0 aromatic heterocycles. The monoisotopic (exact) mass is 287 g/mol. The fraction of sp³-hybridized carbons (Fsp3) is 0.529. The van der Waals surface area contributed by atoms with Crippen molar-refractivity contribution in [3.05, 3.63) is 35.4 Å². The molecule has 0 saturated heterocycles. The predicted octanol–water partition coefficient (Wildman–Crippen LogP) is 2.78. The molecule has 1 N–H and O–H groups in total. The number of hydrogen-bond donors (Lipinski definition) is 1. The van der Waals surface area contributed by atoms with Crippen LogP contribution in [0.15, 0.2) is 24.3 Å². The molecule has 4 heteroatoms. The van der Waals surface area contributed by atoms with Gasteiger partial charge in [-0.25, -0.2) is 4.79 Å². The van der Waals surface area contributed by atoms with Gasteiger partial charge in [-0.15, -0.1) is 0 Å². The second-order valence-corrected chi connectivity index (χ2v) is 6.40. The van der Waals surface area contributed by atoms with Crippen molar-refractivity contribution in [2.45, 2.75) is 32.2 Å². The highest BCUT2D eigenvalue weighted by atomic mass is 16.4. The summed E-state index contributed by atoms with van der Waals surface area (Å²) in [5.41, 5.74) is 1.25.